The number of nitrogens with zero attached hydrogens (tertiary/aromatic N) is 13. The van der Waals surface area contributed by atoms with Crippen LogP contribution in [0.3, 0.4) is 0 Å². The third-order valence-electron chi connectivity index (χ3n) is 12.1. The van der Waals surface area contributed by atoms with Crippen molar-refractivity contribution in [3.8, 4) is 0 Å². The van der Waals surface area contributed by atoms with Crippen molar-refractivity contribution in [2.24, 2.45) is 7.05 Å². The Morgan fingerprint density at radius 3 is 1.09 bits per heavy atom. The lowest BCUT2D eigenvalue weighted by Gasteiger charge is -2.02. The Bertz CT molecular complexity index is 2690. The van der Waals surface area contributed by atoms with Crippen molar-refractivity contribution in [1.82, 2.24) is 64.8 Å². The normalized spacial score (nSPS) is 10.4. The van der Waals surface area contributed by atoms with Gasteiger partial charge in [0.1, 0.15) is 23.7 Å². The maximum absolute atomic E-state index is 4.98. The van der Waals surface area contributed by atoms with E-state index < -0.39 is 0 Å². The van der Waals surface area contributed by atoms with Gasteiger partial charge < -0.3 is 4.52 Å². The minimum absolute atomic E-state index is 0.436. The molecule has 9 rings (SSSR count). The number of hydrogen-bond donors (Lipinski definition) is 0. The van der Waals surface area contributed by atoms with Crippen LogP contribution in [0.2, 0.25) is 0 Å². The molecule has 0 radical (unpaired) electrons. The largest absolute Gasteiger partial charge is 0.361 e. The molecule has 0 aliphatic heterocycles. The molecule has 0 bridgehead atoms. The van der Waals surface area contributed by atoms with Gasteiger partial charge >= 0.3 is 0 Å². The van der Waals surface area contributed by atoms with Crippen LogP contribution >= 0.6 is 11.3 Å². The number of rotatable bonds is 9. The van der Waals surface area contributed by atoms with Gasteiger partial charge in [0.15, 0.2) is 0 Å². The van der Waals surface area contributed by atoms with Gasteiger partial charge in [-0.2, -0.15) is 5.10 Å². The molecule has 9 heterocycles. The highest BCUT2D eigenvalue weighted by Gasteiger charge is 2.05. The fourth-order valence-corrected chi connectivity index (χ4v) is 7.22. The predicted octanol–water partition coefficient (Wildman–Crippen LogP) is 18.9. The van der Waals surface area contributed by atoms with Crippen molar-refractivity contribution in [3.05, 3.63) is 213 Å². The molecule has 0 aromatic carbocycles. The second-order valence-corrected chi connectivity index (χ2v) is 24.6. The number of pyridine rings is 3. The van der Waals surface area contributed by atoms with E-state index in [0.717, 1.165) is 28.8 Å². The summed E-state index contributed by atoms with van der Waals surface area (Å²) in [5.41, 5.74) is 13.0. The molecule has 0 amide bonds. The van der Waals surface area contributed by atoms with Crippen LogP contribution in [0.1, 0.15) is 262 Å². The van der Waals surface area contributed by atoms with E-state index in [1.165, 1.54) is 55.5 Å². The summed E-state index contributed by atoms with van der Waals surface area (Å²) >= 11 is 1.75. The van der Waals surface area contributed by atoms with E-state index in [1.807, 2.05) is 100 Å². The first-order valence-electron chi connectivity index (χ1n) is 29.9. The van der Waals surface area contributed by atoms with Crippen molar-refractivity contribution in [2.45, 2.75) is 219 Å². The summed E-state index contributed by atoms with van der Waals surface area (Å²) in [6.07, 6.45) is 22.2. The third-order valence-corrected chi connectivity index (χ3v) is 13.4. The van der Waals surface area contributed by atoms with Crippen LogP contribution in [0.4, 0.5) is 0 Å². The minimum atomic E-state index is 0.436. The molecule has 462 valence electrons. The van der Waals surface area contributed by atoms with Crippen molar-refractivity contribution >= 4 is 11.3 Å². The van der Waals surface area contributed by atoms with Gasteiger partial charge in [-0.1, -0.05) is 148 Å². The number of aromatic nitrogens is 13. The lowest BCUT2D eigenvalue weighted by Crippen LogP contribution is -1.93. The topological polar surface area (TPSA) is 173 Å². The summed E-state index contributed by atoms with van der Waals surface area (Å²) in [5, 5.41) is 11.2. The van der Waals surface area contributed by atoms with E-state index in [1.54, 1.807) is 30.1 Å². The zero-order chi connectivity index (χ0) is 64.2. The van der Waals surface area contributed by atoms with E-state index in [0.29, 0.717) is 53.3 Å². The first kappa shape index (κ1) is 75.8. The highest BCUT2D eigenvalue weighted by Crippen LogP contribution is 2.19. The molecule has 9 aromatic rings. The van der Waals surface area contributed by atoms with Crippen LogP contribution in [0, 0.1) is 41.5 Å². The Morgan fingerprint density at radius 1 is 0.424 bits per heavy atom. The molecular formula is C70H105N13OS. The molecular weight excluding hydrogens is 1070 g/mol. The number of hydrogen-bond acceptors (Lipinski definition) is 14. The molecule has 0 fully saturated rings. The maximum Gasteiger partial charge on any atom is 0.139 e. The summed E-state index contributed by atoms with van der Waals surface area (Å²) < 4.78 is 6.80. The van der Waals surface area contributed by atoms with Crippen molar-refractivity contribution in [2.75, 3.05) is 0 Å². The van der Waals surface area contributed by atoms with E-state index in [-0.39, 0.29) is 0 Å². The van der Waals surface area contributed by atoms with Gasteiger partial charge in [0.05, 0.1) is 16.9 Å². The average Bonchev–Trinajstić information content (AvgIpc) is 4.31. The minimum Gasteiger partial charge on any atom is -0.361 e. The van der Waals surface area contributed by atoms with Gasteiger partial charge in [0, 0.05) is 121 Å². The van der Waals surface area contributed by atoms with E-state index in [2.05, 4.69) is 247 Å². The van der Waals surface area contributed by atoms with E-state index >= 15 is 0 Å². The molecule has 0 atom stereocenters. The monoisotopic (exact) mass is 1180 g/mol. The fraction of sp³-hybridized carbons (Fsp3) is 0.486. The van der Waals surface area contributed by atoms with Gasteiger partial charge in [-0.25, -0.2) is 34.9 Å². The second kappa shape index (κ2) is 41.7. The summed E-state index contributed by atoms with van der Waals surface area (Å²) in [6, 6.07) is 16.3. The average molecular weight is 1180 g/mol. The first-order valence-corrected chi connectivity index (χ1v) is 30.8. The standard InChI is InChI=1S/3C9H13N.C8H12N2.C7H12N2.2C7H10N2.C7H11NO.C7H11NS/c3*1-7(2)9-5-4-8(3)6-10-9;1-6(2)8-4-9-7(3)10-5-8;1-6(2)7-4-8-9(3)5-7;1-6(2)7-3-8-5-9-4-7;1-6(2)7-8-4-3-5-9-7;1-5(2)7-4-6(3)8-9-7;1-5(2)7-8-6(3)4-9-7/h3*4-7H,1-3H3;4-6H,1-3H3;4-6H,1-3H3;2*3-6H,1-2H3;2*4-5H,1-3H3. The molecule has 0 spiro atoms. The lowest BCUT2D eigenvalue weighted by molar-refractivity contribution is 0.368. The van der Waals surface area contributed by atoms with Crippen LogP contribution in [0.5, 0.6) is 0 Å². The number of aryl methyl sites for hydroxylation is 7. The second-order valence-electron chi connectivity index (χ2n) is 23.7. The molecule has 0 aliphatic rings. The molecule has 0 unspecified atom stereocenters. The van der Waals surface area contributed by atoms with Crippen molar-refractivity contribution < 1.29 is 4.52 Å². The van der Waals surface area contributed by atoms with Crippen LogP contribution in [-0.4, -0.2) is 64.8 Å². The molecule has 9 aromatic heterocycles. The van der Waals surface area contributed by atoms with Crippen LogP contribution in [0.15, 0.2) is 133 Å². The van der Waals surface area contributed by atoms with Gasteiger partial charge in [-0.05, 0) is 135 Å². The molecule has 0 saturated carbocycles. The Balaban J connectivity index is 0.000000478. The molecule has 14 nitrogen and oxygen atoms in total. The van der Waals surface area contributed by atoms with Crippen LogP contribution in [-0.2, 0) is 7.05 Å². The molecule has 15 heteroatoms. The molecule has 0 saturated heterocycles. The fourth-order valence-electron chi connectivity index (χ4n) is 6.41. The summed E-state index contributed by atoms with van der Waals surface area (Å²) in [5.74, 6) is 7.47. The lowest BCUT2D eigenvalue weighted by atomic mass is 10.1. The SMILES string of the molecule is CC(C)c1cncnc1.CC(C)c1cnn(C)c1.CC(C)c1ncccn1.Cc1cc(C(C)C)on1.Cc1ccc(C(C)C)nc1.Cc1ccc(C(C)C)nc1.Cc1ccc(C(C)C)nc1.Cc1csc(C(C)C)n1.Cc1ncc(C(C)C)cn1. The molecule has 0 N–H and O–H groups in total. The summed E-state index contributed by atoms with van der Waals surface area (Å²) in [4.78, 5) is 41.3. The highest BCUT2D eigenvalue weighted by atomic mass is 32.1. The Kier molecular flexibility index (Phi) is 37.2. The van der Waals surface area contributed by atoms with Crippen molar-refractivity contribution in [1.29, 1.82) is 0 Å². The van der Waals surface area contributed by atoms with Gasteiger partial charge in [-0.3, -0.25) is 19.6 Å². The predicted molar refractivity (Wildman–Crippen MR) is 356 cm³/mol. The number of thiazole rings is 1. The Labute approximate surface area is 517 Å². The highest BCUT2D eigenvalue weighted by molar-refractivity contribution is 7.09. The van der Waals surface area contributed by atoms with Gasteiger partial charge in [0.25, 0.3) is 0 Å². The zero-order valence-corrected chi connectivity index (χ0v) is 57.3. The van der Waals surface area contributed by atoms with E-state index in [9.17, 15) is 0 Å². The zero-order valence-electron chi connectivity index (χ0n) is 56.5. The van der Waals surface area contributed by atoms with Gasteiger partial charge in [0.2, 0.25) is 0 Å². The smallest absolute Gasteiger partial charge is 0.139 e. The Morgan fingerprint density at radius 2 is 0.859 bits per heavy atom. The van der Waals surface area contributed by atoms with E-state index in [4.69, 9.17) is 4.52 Å². The maximum atomic E-state index is 4.98. The molecule has 0 aliphatic carbocycles. The summed E-state index contributed by atoms with van der Waals surface area (Å²) in [7, 11) is 1.94. The quantitative estimate of drug-likeness (QED) is 0.134. The summed E-state index contributed by atoms with van der Waals surface area (Å²) in [6.45, 7) is 50.4. The van der Waals surface area contributed by atoms with Crippen molar-refractivity contribution in [3.63, 3.8) is 0 Å². The third kappa shape index (κ3) is 34.3. The van der Waals surface area contributed by atoms with Crippen LogP contribution < -0.4 is 0 Å². The first-order chi connectivity index (χ1) is 40.0. The van der Waals surface area contributed by atoms with Crippen LogP contribution in [0.25, 0.3) is 0 Å². The molecule has 85 heavy (non-hydrogen) atoms. The van der Waals surface area contributed by atoms with Gasteiger partial charge in [-0.15, -0.1) is 11.3 Å². The Hall–Kier alpha value is -7.26.